The van der Waals surface area contributed by atoms with Crippen LogP contribution in [0.4, 0.5) is 6.01 Å². The molecule has 0 aliphatic carbocycles. The van der Waals surface area contributed by atoms with E-state index in [1.165, 1.54) is 6.92 Å². The lowest BCUT2D eigenvalue weighted by molar-refractivity contribution is -0.115. The fraction of sp³-hybridized carbons (Fsp3) is 0.286. The first-order valence-electron chi connectivity index (χ1n) is 3.75. The van der Waals surface area contributed by atoms with Crippen LogP contribution in [-0.4, -0.2) is 28.5 Å². The van der Waals surface area contributed by atoms with Crippen molar-refractivity contribution in [2.75, 3.05) is 11.9 Å². The van der Waals surface area contributed by atoms with Gasteiger partial charge in [-0.3, -0.25) is 10.1 Å². The number of oxazole rings is 1. The van der Waals surface area contributed by atoms with E-state index in [0.29, 0.717) is 0 Å². The normalized spacial score (nSPS) is 9.86. The molecule has 0 bridgehead atoms. The van der Waals surface area contributed by atoms with Gasteiger partial charge < -0.3 is 15.3 Å². The van der Waals surface area contributed by atoms with Crippen molar-refractivity contribution < 1.29 is 19.1 Å². The number of rotatable bonds is 3. The van der Waals surface area contributed by atoms with Crippen LogP contribution in [0.3, 0.4) is 0 Å². The van der Waals surface area contributed by atoms with E-state index >= 15 is 0 Å². The van der Waals surface area contributed by atoms with E-state index in [0.717, 1.165) is 0 Å². The predicted molar refractivity (Wildman–Crippen MR) is 45.9 cm³/mol. The third kappa shape index (κ3) is 2.07. The Labute approximate surface area is 78.9 Å². The summed E-state index contributed by atoms with van der Waals surface area (Å²) in [6.45, 7) is 1.22. The van der Waals surface area contributed by atoms with E-state index in [2.05, 4.69) is 10.3 Å². The van der Waals surface area contributed by atoms with Crippen molar-refractivity contribution in [2.24, 2.45) is 5.73 Å². The van der Waals surface area contributed by atoms with Crippen LogP contribution in [0.1, 0.15) is 16.2 Å². The molecule has 4 N–H and O–H groups in total. The van der Waals surface area contributed by atoms with Gasteiger partial charge in [0.25, 0.3) is 0 Å². The Morgan fingerprint density at radius 1 is 1.64 bits per heavy atom. The Hall–Kier alpha value is -1.89. The molecule has 0 saturated heterocycles. The second-order valence-corrected chi connectivity index (χ2v) is 2.48. The lowest BCUT2D eigenvalue weighted by Crippen LogP contribution is -2.22. The fourth-order valence-electron chi connectivity index (χ4n) is 0.819. The van der Waals surface area contributed by atoms with E-state index in [9.17, 15) is 9.59 Å². The molecule has 76 valence electrons. The molecule has 7 nitrogen and oxygen atoms in total. The monoisotopic (exact) mass is 199 g/mol. The topological polar surface area (TPSA) is 118 Å². The summed E-state index contributed by atoms with van der Waals surface area (Å²) in [6, 6.07) is -0.157. The number of nitrogens with zero attached hydrogens (tertiary/aromatic N) is 1. The molecule has 1 aromatic heterocycles. The van der Waals surface area contributed by atoms with Gasteiger partial charge in [0.15, 0.2) is 5.69 Å². The van der Waals surface area contributed by atoms with Crippen LogP contribution >= 0.6 is 0 Å². The molecule has 1 aromatic rings. The summed E-state index contributed by atoms with van der Waals surface area (Å²) in [6.07, 6.45) is 0. The number of amides is 1. The average Bonchev–Trinajstić information content (AvgIpc) is 2.46. The van der Waals surface area contributed by atoms with Gasteiger partial charge in [0.2, 0.25) is 5.91 Å². The second kappa shape index (κ2) is 3.88. The van der Waals surface area contributed by atoms with Gasteiger partial charge in [0.1, 0.15) is 5.76 Å². The zero-order chi connectivity index (χ0) is 10.7. The van der Waals surface area contributed by atoms with Gasteiger partial charge in [0.05, 0.1) is 6.54 Å². The number of aromatic carboxylic acids is 1. The number of hydrogen-bond acceptors (Lipinski definition) is 5. The number of aromatic nitrogens is 1. The molecule has 1 amide bonds. The average molecular weight is 199 g/mol. The molecule has 0 spiro atoms. The molecular weight excluding hydrogens is 190 g/mol. The fourth-order valence-corrected chi connectivity index (χ4v) is 0.819. The van der Waals surface area contributed by atoms with Crippen LogP contribution in [0.2, 0.25) is 0 Å². The summed E-state index contributed by atoms with van der Waals surface area (Å²) in [5.41, 5.74) is 4.80. The van der Waals surface area contributed by atoms with Crippen LogP contribution in [0.25, 0.3) is 0 Å². The minimum absolute atomic E-state index is 0.129. The number of carboxylic acid groups (broad SMARTS) is 1. The summed E-state index contributed by atoms with van der Waals surface area (Å²) >= 11 is 0. The molecule has 14 heavy (non-hydrogen) atoms. The summed E-state index contributed by atoms with van der Waals surface area (Å²) in [4.78, 5) is 24.9. The van der Waals surface area contributed by atoms with Crippen molar-refractivity contribution in [2.45, 2.75) is 6.92 Å². The van der Waals surface area contributed by atoms with Gasteiger partial charge in [-0.25, -0.2) is 4.79 Å². The Morgan fingerprint density at radius 2 is 2.29 bits per heavy atom. The minimum atomic E-state index is -1.21. The zero-order valence-electron chi connectivity index (χ0n) is 7.40. The number of aryl methyl sites for hydroxylation is 1. The number of anilines is 1. The Morgan fingerprint density at radius 3 is 2.71 bits per heavy atom. The number of carbonyl (C=O) groups excluding carboxylic acids is 1. The third-order valence-electron chi connectivity index (χ3n) is 1.43. The third-order valence-corrected chi connectivity index (χ3v) is 1.43. The molecule has 0 fully saturated rings. The Kier molecular flexibility index (Phi) is 2.82. The smallest absolute Gasteiger partial charge is 0.358 e. The van der Waals surface area contributed by atoms with Gasteiger partial charge in [-0.15, -0.1) is 0 Å². The van der Waals surface area contributed by atoms with Crippen LogP contribution in [0.5, 0.6) is 0 Å². The van der Waals surface area contributed by atoms with Crippen LogP contribution in [-0.2, 0) is 4.79 Å². The van der Waals surface area contributed by atoms with E-state index in [-0.39, 0.29) is 24.0 Å². The highest BCUT2D eigenvalue weighted by Crippen LogP contribution is 2.13. The quantitative estimate of drug-likeness (QED) is 0.608. The second-order valence-electron chi connectivity index (χ2n) is 2.48. The standard InChI is InChI=1S/C7H9N3O4/c1-3-5(6(12)13)10-7(14-3)9-4(11)2-8/h2,8H2,1H3,(H,12,13)(H,9,10,11). The Bertz CT molecular complexity index is 371. The molecule has 0 atom stereocenters. The van der Waals surface area contributed by atoms with Gasteiger partial charge in [-0.1, -0.05) is 0 Å². The summed E-state index contributed by atoms with van der Waals surface area (Å²) in [5, 5.41) is 10.8. The van der Waals surface area contributed by atoms with Gasteiger partial charge in [-0.2, -0.15) is 4.98 Å². The predicted octanol–water partition coefficient (Wildman–Crippen LogP) is -0.422. The molecule has 0 aromatic carbocycles. The van der Waals surface area contributed by atoms with Crippen molar-refractivity contribution in [1.29, 1.82) is 0 Å². The van der Waals surface area contributed by atoms with Crippen LogP contribution < -0.4 is 11.1 Å². The minimum Gasteiger partial charge on any atom is -0.476 e. The first-order valence-corrected chi connectivity index (χ1v) is 3.75. The first kappa shape index (κ1) is 10.2. The summed E-state index contributed by atoms with van der Waals surface area (Å²) < 4.78 is 4.87. The maximum absolute atomic E-state index is 10.8. The number of nitrogens with one attached hydrogen (secondary N) is 1. The highest BCUT2D eigenvalue weighted by Gasteiger charge is 2.16. The number of hydrogen-bond donors (Lipinski definition) is 3. The molecule has 0 unspecified atom stereocenters. The maximum Gasteiger partial charge on any atom is 0.358 e. The number of nitrogens with two attached hydrogens (primary N) is 1. The van der Waals surface area contributed by atoms with Crippen molar-refractivity contribution in [1.82, 2.24) is 4.98 Å². The molecule has 0 aliphatic rings. The van der Waals surface area contributed by atoms with E-state index in [1.54, 1.807) is 0 Å². The molecule has 7 heteroatoms. The molecular formula is C7H9N3O4. The summed E-state index contributed by atoms with van der Waals surface area (Å²) in [7, 11) is 0. The Balaban J connectivity index is 2.86. The first-order chi connectivity index (χ1) is 6.54. The molecule has 1 heterocycles. The lowest BCUT2D eigenvalue weighted by Gasteiger charge is -1.94. The van der Waals surface area contributed by atoms with Gasteiger partial charge >= 0.3 is 12.0 Å². The zero-order valence-corrected chi connectivity index (χ0v) is 7.40. The molecule has 0 radical (unpaired) electrons. The maximum atomic E-state index is 10.8. The van der Waals surface area contributed by atoms with E-state index < -0.39 is 11.9 Å². The van der Waals surface area contributed by atoms with Crippen molar-refractivity contribution in [3.63, 3.8) is 0 Å². The number of carbonyl (C=O) groups is 2. The van der Waals surface area contributed by atoms with Crippen molar-refractivity contribution in [3.8, 4) is 0 Å². The van der Waals surface area contributed by atoms with Gasteiger partial charge in [0, 0.05) is 0 Å². The molecule has 1 rings (SSSR count). The van der Waals surface area contributed by atoms with Crippen LogP contribution in [0, 0.1) is 6.92 Å². The number of carboxylic acids is 1. The molecule has 0 aliphatic heterocycles. The SMILES string of the molecule is Cc1oc(NC(=O)CN)nc1C(=O)O. The van der Waals surface area contributed by atoms with E-state index in [1.807, 2.05) is 0 Å². The molecule has 0 saturated carbocycles. The summed E-state index contributed by atoms with van der Waals surface area (Å²) in [5.74, 6) is -1.58. The highest BCUT2D eigenvalue weighted by atomic mass is 16.4. The van der Waals surface area contributed by atoms with Gasteiger partial charge in [-0.05, 0) is 6.92 Å². The van der Waals surface area contributed by atoms with Crippen LogP contribution in [0.15, 0.2) is 4.42 Å². The highest BCUT2D eigenvalue weighted by molar-refractivity contribution is 5.91. The van der Waals surface area contributed by atoms with Crippen molar-refractivity contribution >= 4 is 17.9 Å². The largest absolute Gasteiger partial charge is 0.476 e. The van der Waals surface area contributed by atoms with Crippen molar-refractivity contribution in [3.05, 3.63) is 11.5 Å². The lowest BCUT2D eigenvalue weighted by atomic mass is 10.4. The van der Waals surface area contributed by atoms with E-state index in [4.69, 9.17) is 15.3 Å².